The first-order valence-corrected chi connectivity index (χ1v) is 44.5. The Hall–Kier alpha value is -10.6. The van der Waals surface area contributed by atoms with Crippen LogP contribution < -0.4 is 26.6 Å². The van der Waals surface area contributed by atoms with E-state index in [1.54, 1.807) is 0 Å². The number of amides is 6. The average Bonchev–Trinajstić information content (AvgIpc) is 0.735. The van der Waals surface area contributed by atoms with Crippen molar-refractivity contribution in [3.05, 3.63) is 108 Å². The van der Waals surface area contributed by atoms with Crippen LogP contribution in [0.3, 0.4) is 0 Å². The van der Waals surface area contributed by atoms with Crippen LogP contribution in [0.4, 0.5) is 0 Å². The molecule has 0 bridgehead atoms. The maximum atomic E-state index is 14.7. The highest BCUT2D eigenvalue weighted by Gasteiger charge is 2.55. The van der Waals surface area contributed by atoms with Crippen LogP contribution in [0.15, 0.2) is 91.0 Å². The predicted molar refractivity (Wildman–Crippen MR) is 461 cm³/mol. The van der Waals surface area contributed by atoms with Crippen molar-refractivity contribution >= 4 is 89.2 Å². The van der Waals surface area contributed by atoms with Gasteiger partial charge in [-0.05, 0) is 87.4 Å². The Morgan fingerprint density at radius 1 is 0.310 bits per heavy atom. The lowest BCUT2D eigenvalue weighted by Gasteiger charge is -2.46. The minimum atomic E-state index is -1.29. The van der Waals surface area contributed by atoms with Gasteiger partial charge in [0.2, 0.25) is 35.4 Å². The number of nitrogens with one attached hydrogen (secondary N) is 5. The van der Waals surface area contributed by atoms with E-state index in [0.29, 0.717) is 135 Å². The van der Waals surface area contributed by atoms with Crippen molar-refractivity contribution in [3.63, 3.8) is 0 Å². The summed E-state index contributed by atoms with van der Waals surface area (Å²) in [5.41, 5.74) is 2.22. The fourth-order valence-electron chi connectivity index (χ4n) is 15.9. The second-order valence-corrected chi connectivity index (χ2v) is 32.1. The summed E-state index contributed by atoms with van der Waals surface area (Å²) < 4.78 is 85.8. The minimum absolute atomic E-state index is 0.0784. The largest absolute Gasteiger partial charge is 0.463 e. The molecule has 3 aliphatic rings. The molecule has 6 amide bonds. The van der Waals surface area contributed by atoms with Crippen LogP contribution in [-0.4, -0.2) is 270 Å². The van der Waals surface area contributed by atoms with Crippen molar-refractivity contribution in [1.82, 2.24) is 36.4 Å². The molecule has 3 saturated heterocycles. The summed E-state index contributed by atoms with van der Waals surface area (Å²) in [6.45, 7) is 15.9. The monoisotopic (exact) mass is 1820 g/mol. The topological polar surface area (TPSA) is 461 Å². The zero-order valence-corrected chi connectivity index (χ0v) is 76.4. The molecule has 3 heterocycles. The van der Waals surface area contributed by atoms with Crippen molar-refractivity contribution < 1.29 is 143 Å². The number of nitrogens with zero attached hydrogens (tertiary/aromatic N) is 2. The Labute approximate surface area is 754 Å². The highest BCUT2D eigenvalue weighted by molar-refractivity contribution is 5.78. The van der Waals surface area contributed by atoms with Crippen molar-refractivity contribution in [2.24, 2.45) is 0 Å². The minimum Gasteiger partial charge on any atom is -0.463 e. The fourth-order valence-corrected chi connectivity index (χ4v) is 15.9. The lowest BCUT2D eigenvalue weighted by atomic mass is 9.75. The van der Waals surface area contributed by atoms with E-state index in [4.69, 9.17) is 71.1 Å². The highest BCUT2D eigenvalue weighted by Crippen LogP contribution is 2.43. The number of carbonyl (C=O) groups is 15. The third-order valence-corrected chi connectivity index (χ3v) is 21.3. The summed E-state index contributed by atoms with van der Waals surface area (Å²) in [6.07, 6.45) is -4.90. The lowest BCUT2D eigenvalue weighted by molar-refractivity contribution is -0.277. The fraction of sp³-hybridized carbons (Fsp3) is 0.641. The third-order valence-electron chi connectivity index (χ3n) is 21.3. The van der Waals surface area contributed by atoms with E-state index in [9.17, 15) is 71.9 Å². The van der Waals surface area contributed by atoms with Crippen molar-refractivity contribution in [2.45, 2.75) is 303 Å². The smallest absolute Gasteiger partial charge is 0.303 e. The molecule has 716 valence electrons. The molecule has 3 aromatic carbocycles. The van der Waals surface area contributed by atoms with Gasteiger partial charge in [-0.25, -0.2) is 0 Å². The molecular weight excluding hydrogens is 1680 g/mol. The Morgan fingerprint density at radius 3 is 0.884 bits per heavy atom. The number of hydrogen-bond donors (Lipinski definition) is 5. The average molecular weight is 1820 g/mol. The molecule has 37 nitrogen and oxygen atoms in total. The second-order valence-electron chi connectivity index (χ2n) is 32.1. The molecule has 7 unspecified atom stereocenters. The van der Waals surface area contributed by atoms with Crippen LogP contribution in [0.1, 0.15) is 222 Å². The van der Waals surface area contributed by atoms with Gasteiger partial charge in [0.05, 0.1) is 5.54 Å². The maximum Gasteiger partial charge on any atom is 0.303 e. The van der Waals surface area contributed by atoms with E-state index in [2.05, 4.69) is 67.9 Å². The van der Waals surface area contributed by atoms with Crippen LogP contribution in [-0.2, 0) is 149 Å². The molecule has 3 aliphatic heterocycles. The molecule has 3 aromatic rings. The number of ether oxygens (including phenoxy) is 15. The summed E-state index contributed by atoms with van der Waals surface area (Å²) in [6, 6.07) is 27.4. The third kappa shape index (κ3) is 37.8. The predicted octanol–water partition coefficient (Wildman–Crippen LogP) is 6.77. The number of hydrogen-bond acceptors (Lipinski definition) is 31. The normalized spacial score (nSPS) is 21.8. The molecule has 37 heteroatoms. The van der Waals surface area contributed by atoms with E-state index < -0.39 is 176 Å². The Balaban J connectivity index is 1.11. The number of unbranched alkanes of at least 4 members (excludes halogenated alkanes) is 10. The second kappa shape index (κ2) is 57.5. The van der Waals surface area contributed by atoms with Gasteiger partial charge in [0, 0.05) is 155 Å². The summed E-state index contributed by atoms with van der Waals surface area (Å²) >= 11 is 0. The standard InChI is InChI=1S/C92H133N7O30/c1-59(100)95-80-86(124-68(10)109)83(121-65(7)106)74(56-118-62(4)103)127-89(80)115-53-33-16-13-28-44-77(112)93-47-36-50-98(79(114)46-30-15-18-35-55-117-91-82(97-61(3)102)88(126-70(12)111)85(123-67(9)108)76(129-91)58-120-64(6)105)49-31-32-51-99(92(71-38-22-19-23-39-71,72-40-24-20-25-41-72)73-42-26-21-27-43-73)52-37-48-94-78(113)45-29-14-17-34-54-116-90-81(96-60(2)101)87(125-69(11)110)84(122-66(8)107)75(128-90)57-119-63(5)104/h19-27,38-43,74-76,80-91H,13-18,28-37,44-58H2,1-12H3,(H,93,112)(H,94,113)(H,95,100)(H,96,101)(H,97,102)/t74?,75?,76?,80?,81-,82-,83-,84-,85-,86?,87?,88?,89+,90+,91+/m0/s1. The molecule has 129 heavy (non-hydrogen) atoms. The number of benzene rings is 3. The molecule has 0 aliphatic carbocycles. The van der Waals surface area contributed by atoms with E-state index in [1.807, 2.05) is 59.5 Å². The van der Waals surface area contributed by atoms with E-state index in [-0.39, 0.29) is 76.6 Å². The Morgan fingerprint density at radius 2 is 0.581 bits per heavy atom. The SMILES string of the molecule is CC(=O)NC1C(OC(C)=O)[C@@H](OC(C)=O)C(COC(C)=O)O[C@H]1OCCCCCCC(=O)NCCCN(CCCCN(CCCNC(=O)CCCCCCO[C@@H]1OC(COC(C)=O)[C@H](OC(C)=O)C(OC(C)=O)[C@@H]1NC(C)=O)C(c1ccccc1)(c1ccccc1)c1ccccc1)C(=O)CCCCCCO[C@@H]1OC(COC(C)=O)[C@H](OC(C)=O)C(OC(C)=O)[C@@H]1NC(C)=O. The van der Waals surface area contributed by atoms with Crippen LogP contribution in [0.5, 0.6) is 0 Å². The van der Waals surface area contributed by atoms with Gasteiger partial charge in [0.15, 0.2) is 55.5 Å². The summed E-state index contributed by atoms with van der Waals surface area (Å²) in [4.78, 5) is 193. The first kappa shape index (κ1) is 107. The first-order valence-electron chi connectivity index (χ1n) is 44.5. The summed E-state index contributed by atoms with van der Waals surface area (Å²) in [5, 5.41) is 14.3. The lowest BCUT2D eigenvalue weighted by Crippen LogP contribution is -2.66. The zero-order valence-electron chi connectivity index (χ0n) is 76.4. The molecular formula is C92H133N7O30. The van der Waals surface area contributed by atoms with E-state index >= 15 is 0 Å². The van der Waals surface area contributed by atoms with Gasteiger partial charge in [0.1, 0.15) is 56.3 Å². The van der Waals surface area contributed by atoms with Gasteiger partial charge < -0.3 is 103 Å². The van der Waals surface area contributed by atoms with Gasteiger partial charge in [-0.2, -0.15) is 0 Å². The molecule has 0 radical (unpaired) electrons. The first-order chi connectivity index (χ1) is 61.7. The quantitative estimate of drug-likeness (QED) is 0.0168. The van der Waals surface area contributed by atoms with Crippen LogP contribution >= 0.6 is 0 Å². The van der Waals surface area contributed by atoms with Gasteiger partial charge in [0.25, 0.3) is 0 Å². The Bertz CT molecular complexity index is 3960. The molecule has 0 spiro atoms. The van der Waals surface area contributed by atoms with Crippen molar-refractivity contribution in [2.75, 3.05) is 78.9 Å². The number of rotatable bonds is 56. The van der Waals surface area contributed by atoms with Gasteiger partial charge in [-0.3, -0.25) is 76.8 Å². The summed E-state index contributed by atoms with van der Waals surface area (Å²) in [5.74, 6) is -8.25. The molecule has 15 atom stereocenters. The highest BCUT2D eigenvalue weighted by atomic mass is 16.7. The van der Waals surface area contributed by atoms with Crippen LogP contribution in [0, 0.1) is 0 Å². The van der Waals surface area contributed by atoms with Gasteiger partial charge in [-0.15, -0.1) is 0 Å². The number of carbonyl (C=O) groups excluding carboxylic acids is 15. The Kier molecular flexibility index (Phi) is 47.8. The molecule has 3 fully saturated rings. The van der Waals surface area contributed by atoms with Crippen molar-refractivity contribution in [1.29, 1.82) is 0 Å². The number of esters is 9. The maximum absolute atomic E-state index is 14.7. The van der Waals surface area contributed by atoms with Crippen molar-refractivity contribution in [3.8, 4) is 0 Å². The summed E-state index contributed by atoms with van der Waals surface area (Å²) in [7, 11) is 0. The molecule has 0 saturated carbocycles. The van der Waals surface area contributed by atoms with Gasteiger partial charge in [-0.1, -0.05) is 130 Å². The zero-order chi connectivity index (χ0) is 94.4. The van der Waals surface area contributed by atoms with Crippen LogP contribution in [0.2, 0.25) is 0 Å². The van der Waals surface area contributed by atoms with Gasteiger partial charge >= 0.3 is 53.7 Å². The van der Waals surface area contributed by atoms with E-state index in [1.165, 1.54) is 41.5 Å². The molecule has 5 N–H and O–H groups in total. The molecule has 6 rings (SSSR count). The molecule has 0 aromatic heterocycles. The van der Waals surface area contributed by atoms with Crippen LogP contribution in [0.25, 0.3) is 0 Å². The van der Waals surface area contributed by atoms with E-state index in [0.717, 1.165) is 58.2 Å².